The molecule has 3 aromatic rings. The second kappa shape index (κ2) is 16.3. The van der Waals surface area contributed by atoms with Crippen LogP contribution < -0.4 is 0 Å². The van der Waals surface area contributed by atoms with Gasteiger partial charge < -0.3 is 4.74 Å². The summed E-state index contributed by atoms with van der Waals surface area (Å²) >= 11 is 1.88. The van der Waals surface area contributed by atoms with E-state index in [0.29, 0.717) is 6.61 Å². The molecule has 214 valence electrons. The largest absolute Gasteiger partial charge is 0.361 e. The van der Waals surface area contributed by atoms with E-state index in [1.165, 1.54) is 123 Å². The van der Waals surface area contributed by atoms with E-state index in [-0.39, 0.29) is 6.10 Å². The zero-order valence-electron chi connectivity index (χ0n) is 24.9. The van der Waals surface area contributed by atoms with E-state index in [9.17, 15) is 0 Å². The summed E-state index contributed by atoms with van der Waals surface area (Å²) in [6, 6.07) is 11.1. The highest BCUT2D eigenvalue weighted by atomic mass is 32.1. The van der Waals surface area contributed by atoms with Crippen molar-refractivity contribution in [3.8, 4) is 5.00 Å². The number of benzene rings is 1. The third-order valence-electron chi connectivity index (χ3n) is 8.19. The summed E-state index contributed by atoms with van der Waals surface area (Å²) in [4.78, 5) is 1.39. The van der Waals surface area contributed by atoms with Crippen LogP contribution in [0.2, 0.25) is 0 Å². The van der Waals surface area contributed by atoms with Gasteiger partial charge in [0, 0.05) is 16.9 Å². The molecular weight excluding hydrogens is 498 g/mol. The van der Waals surface area contributed by atoms with Gasteiger partial charge in [-0.3, -0.25) is 4.57 Å². The minimum atomic E-state index is -0.0579. The first-order chi connectivity index (χ1) is 19.2. The van der Waals surface area contributed by atoms with Gasteiger partial charge in [0.2, 0.25) is 0 Å². The molecule has 5 heteroatoms. The average molecular weight is 550 g/mol. The molecule has 0 aliphatic carbocycles. The maximum absolute atomic E-state index is 6.47. The van der Waals surface area contributed by atoms with Gasteiger partial charge in [-0.1, -0.05) is 134 Å². The molecule has 1 unspecified atom stereocenters. The van der Waals surface area contributed by atoms with E-state index in [0.717, 1.165) is 24.5 Å². The van der Waals surface area contributed by atoms with Crippen LogP contribution in [0.3, 0.4) is 0 Å². The van der Waals surface area contributed by atoms with E-state index < -0.39 is 0 Å². The van der Waals surface area contributed by atoms with Gasteiger partial charge in [0.15, 0.2) is 5.82 Å². The van der Waals surface area contributed by atoms with Gasteiger partial charge in [0.05, 0.1) is 0 Å². The summed E-state index contributed by atoms with van der Waals surface area (Å²) in [5.41, 5.74) is 3.75. The lowest BCUT2D eigenvalue weighted by Crippen LogP contribution is -2.05. The maximum atomic E-state index is 6.47. The van der Waals surface area contributed by atoms with Crippen LogP contribution in [0, 0.1) is 6.92 Å². The minimum Gasteiger partial charge on any atom is -0.361 e. The van der Waals surface area contributed by atoms with Crippen LogP contribution in [0.5, 0.6) is 0 Å². The Morgan fingerprint density at radius 3 is 1.97 bits per heavy atom. The van der Waals surface area contributed by atoms with Crippen LogP contribution in [-0.2, 0) is 24.2 Å². The normalized spacial score (nSPS) is 14.8. The molecule has 0 saturated heterocycles. The number of fused-ring (bicyclic) bond motifs is 3. The van der Waals surface area contributed by atoms with E-state index in [4.69, 9.17) is 4.74 Å². The van der Waals surface area contributed by atoms with Crippen LogP contribution in [0.25, 0.3) is 5.00 Å². The predicted molar refractivity (Wildman–Crippen MR) is 165 cm³/mol. The van der Waals surface area contributed by atoms with Gasteiger partial charge in [0.25, 0.3) is 0 Å². The zero-order chi connectivity index (χ0) is 27.3. The molecule has 0 radical (unpaired) electrons. The van der Waals surface area contributed by atoms with Crippen LogP contribution in [0.4, 0.5) is 0 Å². The molecule has 1 aliphatic rings. The number of thiophene rings is 1. The quantitative estimate of drug-likeness (QED) is 0.148. The van der Waals surface area contributed by atoms with Crippen LogP contribution in [-0.4, -0.2) is 14.8 Å². The molecule has 1 atom stereocenters. The van der Waals surface area contributed by atoms with Crippen molar-refractivity contribution in [2.24, 2.45) is 0 Å². The highest BCUT2D eigenvalue weighted by Crippen LogP contribution is 2.40. The molecule has 0 N–H and O–H groups in total. The number of ether oxygens (including phenoxy) is 1. The smallest absolute Gasteiger partial charge is 0.164 e. The third-order valence-corrected chi connectivity index (χ3v) is 9.47. The van der Waals surface area contributed by atoms with Crippen molar-refractivity contribution in [2.45, 2.75) is 143 Å². The summed E-state index contributed by atoms with van der Waals surface area (Å²) in [7, 11) is 0. The van der Waals surface area contributed by atoms with Crippen molar-refractivity contribution in [1.82, 2.24) is 14.8 Å². The van der Waals surface area contributed by atoms with Gasteiger partial charge in [-0.15, -0.1) is 21.5 Å². The average Bonchev–Trinajstić information content (AvgIpc) is 3.52. The number of hydrogen-bond donors (Lipinski definition) is 0. The van der Waals surface area contributed by atoms with Gasteiger partial charge >= 0.3 is 0 Å². The third kappa shape index (κ3) is 8.75. The molecule has 3 heterocycles. The molecule has 2 aromatic heterocycles. The van der Waals surface area contributed by atoms with Crippen molar-refractivity contribution in [2.75, 3.05) is 0 Å². The Hall–Kier alpha value is -1.98. The number of unbranched alkanes of at least 4 members (excludes halogenated alkanes) is 14. The monoisotopic (exact) mass is 549 g/mol. The van der Waals surface area contributed by atoms with Crippen molar-refractivity contribution in [3.63, 3.8) is 0 Å². The Balaban J connectivity index is 1.21. The first kappa shape index (κ1) is 30.0. The van der Waals surface area contributed by atoms with Crippen LogP contribution in [0.15, 0.2) is 30.3 Å². The summed E-state index contributed by atoms with van der Waals surface area (Å²) in [5, 5.41) is 10.5. The van der Waals surface area contributed by atoms with Crippen LogP contribution >= 0.6 is 11.3 Å². The number of nitrogens with zero attached hydrogens (tertiary/aromatic N) is 3. The Bertz CT molecular complexity index is 1100. The second-order valence-electron chi connectivity index (χ2n) is 11.5. The Labute approximate surface area is 241 Å². The van der Waals surface area contributed by atoms with Gasteiger partial charge in [-0.25, -0.2) is 0 Å². The Morgan fingerprint density at radius 2 is 1.38 bits per heavy atom. The maximum Gasteiger partial charge on any atom is 0.164 e. The summed E-state index contributed by atoms with van der Waals surface area (Å²) in [6.07, 6.45) is 22.8. The topological polar surface area (TPSA) is 39.9 Å². The molecular formula is C34H51N3OS. The Kier molecular flexibility index (Phi) is 12.6. The summed E-state index contributed by atoms with van der Waals surface area (Å²) in [6.45, 7) is 7.15. The van der Waals surface area contributed by atoms with Gasteiger partial charge in [0.1, 0.15) is 23.5 Å². The first-order valence-electron chi connectivity index (χ1n) is 16.0. The lowest BCUT2D eigenvalue weighted by molar-refractivity contribution is 0.0655. The molecule has 4 nitrogen and oxygen atoms in total. The lowest BCUT2D eigenvalue weighted by Gasteiger charge is -2.16. The predicted octanol–water partition coefficient (Wildman–Crippen LogP) is 10.2. The standard InChI is InChI=1S/C34H51N3OS/c1-4-6-7-8-9-10-11-12-13-14-15-16-17-18-19-20-31-35-36-32-26-38-33(28-23-21-27(3)22-24-28)30-25-29(5-2)39-34(30)37(31)32/h21-25,33H,4-20,26H2,1-3H3. The van der Waals surface area contributed by atoms with E-state index in [1.54, 1.807) is 0 Å². The van der Waals surface area contributed by atoms with Crippen molar-refractivity contribution < 1.29 is 4.74 Å². The molecule has 0 saturated carbocycles. The molecule has 1 aliphatic heterocycles. The molecule has 0 spiro atoms. The number of rotatable bonds is 18. The fraction of sp³-hybridized carbons (Fsp3) is 0.647. The lowest BCUT2D eigenvalue weighted by atomic mass is 10.0. The first-order valence-corrected chi connectivity index (χ1v) is 16.8. The SMILES string of the molecule is CCCCCCCCCCCCCCCCCc1nnc2n1-c1sc(CC)cc1C(c1ccc(C)cc1)OC2. The molecule has 0 amide bonds. The van der Waals surface area contributed by atoms with Gasteiger partial charge in [-0.05, 0) is 31.4 Å². The number of aromatic nitrogens is 3. The highest BCUT2D eigenvalue weighted by Gasteiger charge is 2.29. The highest BCUT2D eigenvalue weighted by molar-refractivity contribution is 7.14. The van der Waals surface area contributed by atoms with E-state index in [1.807, 2.05) is 11.3 Å². The van der Waals surface area contributed by atoms with Crippen molar-refractivity contribution >= 4 is 11.3 Å². The number of aryl methyl sites for hydroxylation is 3. The van der Waals surface area contributed by atoms with Crippen LogP contribution in [0.1, 0.15) is 149 Å². The van der Waals surface area contributed by atoms with E-state index in [2.05, 4.69) is 65.9 Å². The molecule has 0 fully saturated rings. The summed E-state index contributed by atoms with van der Waals surface area (Å²) in [5.74, 6) is 2.03. The van der Waals surface area contributed by atoms with Crippen molar-refractivity contribution in [3.05, 3.63) is 63.5 Å². The van der Waals surface area contributed by atoms with Gasteiger partial charge in [-0.2, -0.15) is 0 Å². The van der Waals surface area contributed by atoms with Crippen molar-refractivity contribution in [1.29, 1.82) is 0 Å². The number of hydrogen-bond acceptors (Lipinski definition) is 4. The summed E-state index contributed by atoms with van der Waals surface area (Å²) < 4.78 is 8.78. The Morgan fingerprint density at radius 1 is 0.795 bits per heavy atom. The molecule has 4 rings (SSSR count). The zero-order valence-corrected chi connectivity index (χ0v) is 25.7. The minimum absolute atomic E-state index is 0.0579. The molecule has 0 bridgehead atoms. The van der Waals surface area contributed by atoms with E-state index >= 15 is 0 Å². The molecule has 39 heavy (non-hydrogen) atoms. The fourth-order valence-corrected chi connectivity index (χ4v) is 6.91. The molecule has 1 aromatic carbocycles. The second-order valence-corrected chi connectivity index (χ2v) is 12.6. The fourth-order valence-electron chi connectivity index (χ4n) is 5.75.